The maximum atomic E-state index is 5.57. The SMILES string of the molecule is S=C(Nc1ccc2nc3c4ccccc4c4ccccc4c3nc2c1)NC1CCCCC1. The van der Waals surface area contributed by atoms with Gasteiger partial charge < -0.3 is 10.6 Å². The summed E-state index contributed by atoms with van der Waals surface area (Å²) in [6.07, 6.45) is 6.28. The molecule has 0 radical (unpaired) electrons. The lowest BCUT2D eigenvalue weighted by molar-refractivity contribution is 0.415. The van der Waals surface area contributed by atoms with Crippen LogP contribution in [0.2, 0.25) is 0 Å². The van der Waals surface area contributed by atoms with Crippen molar-refractivity contribution in [3.8, 4) is 0 Å². The molecule has 0 aliphatic heterocycles. The highest BCUT2D eigenvalue weighted by Crippen LogP contribution is 2.34. The highest BCUT2D eigenvalue weighted by Gasteiger charge is 2.15. The van der Waals surface area contributed by atoms with Crippen LogP contribution in [0.1, 0.15) is 32.1 Å². The first-order chi connectivity index (χ1) is 15.8. The molecule has 0 bridgehead atoms. The first kappa shape index (κ1) is 19.4. The molecule has 1 fully saturated rings. The van der Waals surface area contributed by atoms with Gasteiger partial charge in [-0.05, 0) is 54.0 Å². The highest BCUT2D eigenvalue weighted by molar-refractivity contribution is 7.80. The van der Waals surface area contributed by atoms with Gasteiger partial charge in [0.2, 0.25) is 0 Å². The standard InChI is InChI=1S/C27H24N4S/c32-27(28-17-8-2-1-3-9-17)29-18-14-15-23-24(16-18)31-26-22-13-7-5-11-20(22)19-10-4-6-12-21(19)25(26)30-23/h4-7,10-17H,1-3,8-9H2,(H2,28,29,32). The average Bonchev–Trinajstić information content (AvgIpc) is 2.84. The summed E-state index contributed by atoms with van der Waals surface area (Å²) in [5.74, 6) is 0. The predicted octanol–water partition coefficient (Wildman–Crippen LogP) is 6.71. The second kappa shape index (κ2) is 7.99. The molecule has 0 amide bonds. The minimum atomic E-state index is 0.479. The van der Waals surface area contributed by atoms with Crippen LogP contribution in [-0.2, 0) is 0 Å². The van der Waals surface area contributed by atoms with Crippen molar-refractivity contribution in [2.24, 2.45) is 0 Å². The van der Waals surface area contributed by atoms with Gasteiger partial charge in [0, 0.05) is 22.5 Å². The maximum Gasteiger partial charge on any atom is 0.170 e. The zero-order valence-corrected chi connectivity index (χ0v) is 18.6. The van der Waals surface area contributed by atoms with Gasteiger partial charge in [0.15, 0.2) is 5.11 Å². The van der Waals surface area contributed by atoms with Crippen LogP contribution in [0.25, 0.3) is 43.6 Å². The van der Waals surface area contributed by atoms with E-state index in [1.54, 1.807) is 0 Å². The van der Waals surface area contributed by atoms with E-state index in [2.05, 4.69) is 59.2 Å². The van der Waals surface area contributed by atoms with Gasteiger partial charge >= 0.3 is 0 Å². The number of aromatic nitrogens is 2. The Labute approximate surface area is 192 Å². The normalized spacial score (nSPS) is 14.9. The lowest BCUT2D eigenvalue weighted by Crippen LogP contribution is -2.38. The largest absolute Gasteiger partial charge is 0.360 e. The van der Waals surface area contributed by atoms with E-state index >= 15 is 0 Å². The van der Waals surface area contributed by atoms with Gasteiger partial charge in [0.25, 0.3) is 0 Å². The van der Waals surface area contributed by atoms with Crippen molar-refractivity contribution in [1.82, 2.24) is 15.3 Å². The van der Waals surface area contributed by atoms with Crippen molar-refractivity contribution in [3.63, 3.8) is 0 Å². The number of nitrogens with one attached hydrogen (secondary N) is 2. The molecule has 5 heteroatoms. The second-order valence-electron chi connectivity index (χ2n) is 8.65. The zero-order chi connectivity index (χ0) is 21.5. The fraction of sp³-hybridized carbons (Fsp3) is 0.222. The number of fused-ring (bicyclic) bond motifs is 7. The molecule has 158 valence electrons. The minimum Gasteiger partial charge on any atom is -0.360 e. The molecule has 32 heavy (non-hydrogen) atoms. The molecular formula is C27H24N4S. The molecule has 1 aliphatic carbocycles. The summed E-state index contributed by atoms with van der Waals surface area (Å²) in [4.78, 5) is 10.1. The van der Waals surface area contributed by atoms with E-state index in [1.165, 1.54) is 42.9 Å². The summed E-state index contributed by atoms with van der Waals surface area (Å²) >= 11 is 5.57. The Kier molecular flexibility index (Phi) is 4.84. The van der Waals surface area contributed by atoms with Crippen molar-refractivity contribution >= 4 is 66.6 Å². The smallest absolute Gasteiger partial charge is 0.170 e. The van der Waals surface area contributed by atoms with Crippen molar-refractivity contribution in [1.29, 1.82) is 0 Å². The first-order valence-electron chi connectivity index (χ1n) is 11.3. The summed E-state index contributed by atoms with van der Waals surface area (Å²) in [6, 6.07) is 23.5. The molecule has 0 unspecified atom stereocenters. The predicted molar refractivity (Wildman–Crippen MR) is 138 cm³/mol. The van der Waals surface area contributed by atoms with E-state index in [1.807, 2.05) is 18.2 Å². The van der Waals surface area contributed by atoms with Gasteiger partial charge in [-0.3, -0.25) is 0 Å². The van der Waals surface area contributed by atoms with E-state index in [-0.39, 0.29) is 0 Å². The van der Waals surface area contributed by atoms with Gasteiger partial charge in [0.1, 0.15) is 0 Å². The van der Waals surface area contributed by atoms with Gasteiger partial charge in [-0.25, -0.2) is 9.97 Å². The average molecular weight is 437 g/mol. The fourth-order valence-corrected chi connectivity index (χ4v) is 5.24. The monoisotopic (exact) mass is 436 g/mol. The number of benzene rings is 4. The Morgan fingerprint density at radius 3 is 1.97 bits per heavy atom. The van der Waals surface area contributed by atoms with Crippen LogP contribution in [0.5, 0.6) is 0 Å². The first-order valence-corrected chi connectivity index (χ1v) is 11.8. The highest BCUT2D eigenvalue weighted by atomic mass is 32.1. The van der Waals surface area contributed by atoms with E-state index in [9.17, 15) is 0 Å². The molecule has 0 spiro atoms. The van der Waals surface area contributed by atoms with Crippen LogP contribution in [0.4, 0.5) is 5.69 Å². The van der Waals surface area contributed by atoms with Crippen LogP contribution < -0.4 is 10.6 Å². The molecule has 6 rings (SSSR count). The Balaban J connectivity index is 1.43. The topological polar surface area (TPSA) is 49.8 Å². The number of thiocarbonyl (C=S) groups is 1. The maximum absolute atomic E-state index is 5.57. The lowest BCUT2D eigenvalue weighted by Gasteiger charge is -2.24. The van der Waals surface area contributed by atoms with Crippen molar-refractivity contribution < 1.29 is 0 Å². The van der Waals surface area contributed by atoms with Crippen LogP contribution in [0, 0.1) is 0 Å². The van der Waals surface area contributed by atoms with Gasteiger partial charge in [0.05, 0.1) is 22.1 Å². The lowest BCUT2D eigenvalue weighted by atomic mass is 9.96. The Morgan fingerprint density at radius 2 is 1.31 bits per heavy atom. The molecule has 1 saturated carbocycles. The van der Waals surface area contributed by atoms with Crippen molar-refractivity contribution in [2.45, 2.75) is 38.1 Å². The molecule has 2 N–H and O–H groups in total. The number of hydrogen-bond acceptors (Lipinski definition) is 3. The Morgan fingerprint density at radius 1 is 0.719 bits per heavy atom. The number of nitrogens with zero attached hydrogens (tertiary/aromatic N) is 2. The summed E-state index contributed by atoms with van der Waals surface area (Å²) in [7, 11) is 0. The summed E-state index contributed by atoms with van der Waals surface area (Å²) in [5.41, 5.74) is 4.57. The molecular weight excluding hydrogens is 412 g/mol. The third-order valence-corrected chi connectivity index (χ3v) is 6.74. The van der Waals surface area contributed by atoms with Gasteiger partial charge in [-0.1, -0.05) is 67.8 Å². The van der Waals surface area contributed by atoms with Crippen LogP contribution >= 0.6 is 12.2 Å². The third-order valence-electron chi connectivity index (χ3n) is 6.52. The quantitative estimate of drug-likeness (QED) is 0.183. The number of anilines is 1. The Bertz CT molecular complexity index is 1490. The van der Waals surface area contributed by atoms with Crippen LogP contribution in [0.15, 0.2) is 66.7 Å². The molecule has 1 aliphatic rings. The van der Waals surface area contributed by atoms with E-state index < -0.39 is 0 Å². The molecule has 4 nitrogen and oxygen atoms in total. The van der Waals surface area contributed by atoms with Crippen molar-refractivity contribution in [3.05, 3.63) is 66.7 Å². The van der Waals surface area contributed by atoms with E-state index in [4.69, 9.17) is 22.2 Å². The van der Waals surface area contributed by atoms with E-state index in [0.717, 1.165) is 38.5 Å². The van der Waals surface area contributed by atoms with Crippen LogP contribution in [-0.4, -0.2) is 21.1 Å². The minimum absolute atomic E-state index is 0.479. The molecule has 4 aromatic carbocycles. The molecule has 5 aromatic rings. The van der Waals surface area contributed by atoms with Crippen molar-refractivity contribution in [2.75, 3.05) is 5.32 Å². The number of rotatable bonds is 2. The van der Waals surface area contributed by atoms with E-state index in [0.29, 0.717) is 11.2 Å². The molecule has 1 aromatic heterocycles. The third kappa shape index (κ3) is 3.43. The molecule has 1 heterocycles. The molecule has 0 saturated heterocycles. The zero-order valence-electron chi connectivity index (χ0n) is 17.8. The van der Waals surface area contributed by atoms with Crippen LogP contribution in [0.3, 0.4) is 0 Å². The summed E-state index contributed by atoms with van der Waals surface area (Å²) in [5, 5.41) is 12.2. The van der Waals surface area contributed by atoms with Gasteiger partial charge in [-0.2, -0.15) is 0 Å². The second-order valence-corrected chi connectivity index (χ2v) is 9.06. The summed E-state index contributed by atoms with van der Waals surface area (Å²) in [6.45, 7) is 0. The summed E-state index contributed by atoms with van der Waals surface area (Å²) < 4.78 is 0. The number of hydrogen-bond donors (Lipinski definition) is 2. The molecule has 0 atom stereocenters. The Hall–Kier alpha value is -3.31. The van der Waals surface area contributed by atoms with Gasteiger partial charge in [-0.15, -0.1) is 0 Å². The fourth-order valence-electron chi connectivity index (χ4n) is 4.96.